The van der Waals surface area contributed by atoms with Crippen molar-refractivity contribution < 1.29 is 19.1 Å². The van der Waals surface area contributed by atoms with Crippen LogP contribution in [-0.4, -0.2) is 47.6 Å². The molecule has 1 saturated heterocycles. The van der Waals surface area contributed by atoms with E-state index >= 15 is 0 Å². The van der Waals surface area contributed by atoms with Crippen LogP contribution in [0.25, 0.3) is 0 Å². The van der Waals surface area contributed by atoms with E-state index in [4.69, 9.17) is 9.52 Å². The van der Waals surface area contributed by atoms with Crippen molar-refractivity contribution in [3.63, 3.8) is 0 Å². The fourth-order valence-corrected chi connectivity index (χ4v) is 2.80. The van der Waals surface area contributed by atoms with Crippen LogP contribution in [-0.2, 0) is 4.79 Å². The lowest BCUT2D eigenvalue weighted by molar-refractivity contribution is -0.138. The smallest absolute Gasteiger partial charge is 0.304 e. The lowest BCUT2D eigenvalue weighted by Gasteiger charge is -2.24. The van der Waals surface area contributed by atoms with Gasteiger partial charge in [-0.05, 0) is 26.8 Å². The van der Waals surface area contributed by atoms with Crippen molar-refractivity contribution in [2.24, 2.45) is 0 Å². The Bertz CT molecular complexity index is 625. The van der Waals surface area contributed by atoms with E-state index in [1.54, 1.807) is 6.92 Å². The molecular formula is C15H20N2O5. The largest absolute Gasteiger partial charge is 0.481 e. The van der Waals surface area contributed by atoms with Gasteiger partial charge in [-0.1, -0.05) is 0 Å². The van der Waals surface area contributed by atoms with Crippen molar-refractivity contribution in [1.29, 1.82) is 0 Å². The molecule has 0 aromatic carbocycles. The molecule has 2 N–H and O–H groups in total. The van der Waals surface area contributed by atoms with E-state index in [9.17, 15) is 14.4 Å². The summed E-state index contributed by atoms with van der Waals surface area (Å²) < 4.78 is 5.23. The molecule has 2 atom stereocenters. The Hall–Kier alpha value is -2.15. The van der Waals surface area contributed by atoms with Crippen LogP contribution in [0.4, 0.5) is 0 Å². The van der Waals surface area contributed by atoms with E-state index in [1.807, 2.05) is 11.9 Å². The highest BCUT2D eigenvalue weighted by molar-refractivity contribution is 5.91. The summed E-state index contributed by atoms with van der Waals surface area (Å²) in [6, 6.07) is 2.56. The molecule has 0 unspecified atom stereocenters. The minimum Gasteiger partial charge on any atom is -0.481 e. The average molecular weight is 308 g/mol. The number of nitrogens with one attached hydrogen (secondary N) is 1. The lowest BCUT2D eigenvalue weighted by atomic mass is 10.1. The van der Waals surface area contributed by atoms with Gasteiger partial charge < -0.3 is 14.8 Å². The number of carboxylic acids is 1. The second-order valence-electron chi connectivity index (χ2n) is 5.63. The molecule has 0 bridgehead atoms. The van der Waals surface area contributed by atoms with E-state index in [0.29, 0.717) is 12.3 Å². The molecular weight excluding hydrogens is 288 g/mol. The molecule has 1 aliphatic rings. The van der Waals surface area contributed by atoms with E-state index in [2.05, 4.69) is 5.32 Å². The first-order chi connectivity index (χ1) is 10.4. The summed E-state index contributed by atoms with van der Waals surface area (Å²) in [6.45, 7) is 2.00. The number of likely N-dealkylation sites (N-methyl/N-ethyl adjacent to an activating group) is 1. The topological polar surface area (TPSA) is 99.8 Å². The molecule has 7 nitrogen and oxygen atoms in total. The maximum atomic E-state index is 12.0. The van der Waals surface area contributed by atoms with Crippen molar-refractivity contribution in [2.75, 3.05) is 13.6 Å². The summed E-state index contributed by atoms with van der Waals surface area (Å²) in [5.74, 6) is -0.871. The van der Waals surface area contributed by atoms with Gasteiger partial charge >= 0.3 is 5.97 Å². The Morgan fingerprint density at radius 1 is 1.36 bits per heavy atom. The van der Waals surface area contributed by atoms with Gasteiger partial charge in [-0.2, -0.15) is 0 Å². The summed E-state index contributed by atoms with van der Waals surface area (Å²) in [4.78, 5) is 36.2. The molecule has 2 rings (SSSR count). The summed E-state index contributed by atoms with van der Waals surface area (Å²) in [7, 11) is 1.87. The number of hydrogen-bond donors (Lipinski definition) is 2. The molecule has 22 heavy (non-hydrogen) atoms. The van der Waals surface area contributed by atoms with Crippen molar-refractivity contribution >= 4 is 11.9 Å². The zero-order valence-electron chi connectivity index (χ0n) is 12.7. The van der Waals surface area contributed by atoms with Crippen LogP contribution < -0.4 is 10.7 Å². The van der Waals surface area contributed by atoms with Gasteiger partial charge in [-0.15, -0.1) is 0 Å². The van der Waals surface area contributed by atoms with Crippen LogP contribution >= 0.6 is 0 Å². The molecule has 1 fully saturated rings. The molecule has 120 valence electrons. The number of likely N-dealkylation sites (tertiary alicyclic amines) is 1. The Balaban J connectivity index is 1.91. The van der Waals surface area contributed by atoms with Crippen LogP contribution in [0.15, 0.2) is 21.3 Å². The first-order valence-corrected chi connectivity index (χ1v) is 7.20. The van der Waals surface area contributed by atoms with Gasteiger partial charge in [-0.3, -0.25) is 19.3 Å². The van der Waals surface area contributed by atoms with Gasteiger partial charge in [0.2, 0.25) is 0 Å². The number of amides is 1. The zero-order valence-corrected chi connectivity index (χ0v) is 12.7. The number of carbonyl (C=O) groups is 2. The van der Waals surface area contributed by atoms with Crippen LogP contribution in [0.1, 0.15) is 35.6 Å². The predicted molar refractivity (Wildman–Crippen MR) is 78.9 cm³/mol. The number of nitrogens with zero attached hydrogens (tertiary/aromatic N) is 1. The Labute approximate surface area is 127 Å². The number of aliphatic carboxylic acids is 1. The van der Waals surface area contributed by atoms with Gasteiger partial charge in [0.25, 0.3) is 5.91 Å². The van der Waals surface area contributed by atoms with Gasteiger partial charge in [0, 0.05) is 30.8 Å². The maximum absolute atomic E-state index is 12.0. The van der Waals surface area contributed by atoms with E-state index in [0.717, 1.165) is 18.9 Å². The van der Waals surface area contributed by atoms with Crippen LogP contribution in [0.5, 0.6) is 0 Å². The van der Waals surface area contributed by atoms with Gasteiger partial charge in [0.15, 0.2) is 11.2 Å². The fraction of sp³-hybridized carbons (Fsp3) is 0.533. The third kappa shape index (κ3) is 3.94. The number of hydrogen-bond acceptors (Lipinski definition) is 5. The Morgan fingerprint density at radius 3 is 2.68 bits per heavy atom. The molecule has 1 aromatic heterocycles. The van der Waals surface area contributed by atoms with Crippen LogP contribution in [0, 0.1) is 6.92 Å². The van der Waals surface area contributed by atoms with Crippen LogP contribution in [0.3, 0.4) is 0 Å². The van der Waals surface area contributed by atoms with Crippen molar-refractivity contribution in [3.8, 4) is 0 Å². The second kappa shape index (κ2) is 6.74. The van der Waals surface area contributed by atoms with Gasteiger partial charge in [-0.25, -0.2) is 0 Å². The molecule has 0 spiro atoms. The summed E-state index contributed by atoms with van der Waals surface area (Å²) in [5.41, 5.74) is -0.270. The average Bonchev–Trinajstić information content (AvgIpc) is 2.75. The molecule has 1 amide bonds. The summed E-state index contributed by atoms with van der Waals surface area (Å²) >= 11 is 0. The van der Waals surface area contributed by atoms with Crippen molar-refractivity contribution in [3.05, 3.63) is 33.9 Å². The summed E-state index contributed by atoms with van der Waals surface area (Å²) in [5, 5.41) is 11.6. The SMILES string of the molecule is Cc1cc(=O)cc(C(=O)NC[C@@H]2CC[C@H](CC(=O)O)N2C)o1. The standard InChI is InChI=1S/C15H20N2O5/c1-9-5-12(18)7-13(22-9)15(21)16-8-11-4-3-10(17(11)2)6-14(19)20/h5,7,10-11H,3-4,6,8H2,1-2H3,(H,16,21)(H,19,20)/t10-,11+/m1/s1. The van der Waals surface area contributed by atoms with E-state index in [1.165, 1.54) is 6.07 Å². The third-order valence-electron chi connectivity index (χ3n) is 4.01. The quantitative estimate of drug-likeness (QED) is 0.827. The van der Waals surface area contributed by atoms with E-state index in [-0.39, 0.29) is 29.7 Å². The minimum atomic E-state index is -0.817. The summed E-state index contributed by atoms with van der Waals surface area (Å²) in [6.07, 6.45) is 1.73. The fourth-order valence-electron chi connectivity index (χ4n) is 2.80. The molecule has 0 aliphatic carbocycles. The molecule has 1 aromatic rings. The molecule has 7 heteroatoms. The first kappa shape index (κ1) is 16.2. The van der Waals surface area contributed by atoms with E-state index < -0.39 is 11.9 Å². The monoisotopic (exact) mass is 308 g/mol. The van der Waals surface area contributed by atoms with Crippen molar-refractivity contribution in [2.45, 2.75) is 38.3 Å². The number of carbonyl (C=O) groups excluding carboxylic acids is 1. The normalized spacial score (nSPS) is 21.7. The highest BCUT2D eigenvalue weighted by Gasteiger charge is 2.31. The number of rotatable bonds is 5. The number of aryl methyl sites for hydroxylation is 1. The lowest BCUT2D eigenvalue weighted by Crippen LogP contribution is -2.41. The zero-order chi connectivity index (χ0) is 16.3. The Kier molecular flexibility index (Phi) is 4.97. The third-order valence-corrected chi connectivity index (χ3v) is 4.01. The highest BCUT2D eigenvalue weighted by Crippen LogP contribution is 2.24. The highest BCUT2D eigenvalue weighted by atomic mass is 16.4. The van der Waals surface area contributed by atoms with Gasteiger partial charge in [0.1, 0.15) is 5.76 Å². The minimum absolute atomic E-state index is 0.00342. The Morgan fingerprint density at radius 2 is 2.05 bits per heavy atom. The molecule has 0 radical (unpaired) electrons. The molecule has 0 saturated carbocycles. The molecule has 1 aliphatic heterocycles. The second-order valence-corrected chi connectivity index (χ2v) is 5.63. The number of carboxylic acid groups (broad SMARTS) is 1. The van der Waals surface area contributed by atoms with Crippen LogP contribution in [0.2, 0.25) is 0 Å². The molecule has 2 heterocycles. The predicted octanol–water partition coefficient (Wildman–Crippen LogP) is 0.616. The maximum Gasteiger partial charge on any atom is 0.304 e. The first-order valence-electron chi connectivity index (χ1n) is 7.20. The van der Waals surface area contributed by atoms with Crippen molar-refractivity contribution in [1.82, 2.24) is 10.2 Å². The van der Waals surface area contributed by atoms with Gasteiger partial charge in [0.05, 0.1) is 6.42 Å².